The van der Waals surface area contributed by atoms with E-state index in [9.17, 15) is 4.79 Å². The number of hydrogen-bond acceptors (Lipinski definition) is 3. The third kappa shape index (κ3) is 1.38. The lowest BCUT2D eigenvalue weighted by molar-refractivity contribution is 0.0691. The molecule has 1 atom stereocenters. The van der Waals surface area contributed by atoms with Crippen LogP contribution in [0.5, 0.6) is 0 Å². The second kappa shape index (κ2) is 2.98. The molecule has 5 nitrogen and oxygen atoms in total. The van der Waals surface area contributed by atoms with E-state index in [1.165, 1.54) is 12.8 Å². The normalized spacial score (nSPS) is 24.4. The van der Waals surface area contributed by atoms with Crippen molar-refractivity contribution in [3.63, 3.8) is 0 Å². The van der Waals surface area contributed by atoms with Gasteiger partial charge in [-0.25, -0.2) is 9.78 Å². The van der Waals surface area contributed by atoms with Crippen molar-refractivity contribution in [2.45, 2.75) is 25.3 Å². The Morgan fingerprint density at radius 3 is 3.00 bits per heavy atom. The lowest BCUT2D eigenvalue weighted by Crippen LogP contribution is -2.23. The van der Waals surface area contributed by atoms with Crippen LogP contribution in [0.1, 0.15) is 35.8 Å². The molecule has 80 valence electrons. The van der Waals surface area contributed by atoms with Gasteiger partial charge in [-0.3, -0.25) is 0 Å². The highest BCUT2D eigenvalue weighted by molar-refractivity contribution is 5.85. The molecule has 2 N–H and O–H groups in total. The van der Waals surface area contributed by atoms with Crippen LogP contribution in [0.2, 0.25) is 0 Å². The minimum Gasteiger partial charge on any atom is -0.476 e. The van der Waals surface area contributed by atoms with Crippen LogP contribution in [0, 0.1) is 5.92 Å². The number of fused-ring (bicyclic) bond motifs is 1. The van der Waals surface area contributed by atoms with Gasteiger partial charge in [0, 0.05) is 18.8 Å². The molecule has 0 spiro atoms. The highest BCUT2D eigenvalue weighted by Crippen LogP contribution is 2.44. The van der Waals surface area contributed by atoms with E-state index in [0.29, 0.717) is 6.04 Å². The molecule has 1 aliphatic carbocycles. The Morgan fingerprint density at radius 2 is 2.33 bits per heavy atom. The summed E-state index contributed by atoms with van der Waals surface area (Å²) in [5.41, 5.74) is 0.144. The lowest BCUT2D eigenvalue weighted by Gasteiger charge is -2.25. The lowest BCUT2D eigenvalue weighted by atomic mass is 10.1. The molecule has 2 heterocycles. The first-order chi connectivity index (χ1) is 7.25. The van der Waals surface area contributed by atoms with Crippen LogP contribution < -0.4 is 5.32 Å². The molecule has 0 amide bonds. The largest absolute Gasteiger partial charge is 0.476 e. The highest BCUT2D eigenvalue weighted by Gasteiger charge is 2.35. The van der Waals surface area contributed by atoms with Crippen LogP contribution >= 0.6 is 0 Å². The maximum atomic E-state index is 10.8. The smallest absolute Gasteiger partial charge is 0.356 e. The predicted octanol–water partition coefficient (Wildman–Crippen LogP) is 1.35. The van der Waals surface area contributed by atoms with Crippen molar-refractivity contribution < 1.29 is 9.90 Å². The molecule has 0 saturated heterocycles. The van der Waals surface area contributed by atoms with Crippen LogP contribution in [0.15, 0.2) is 6.20 Å². The van der Waals surface area contributed by atoms with Crippen LogP contribution in [-0.2, 0) is 0 Å². The zero-order valence-corrected chi connectivity index (χ0v) is 8.31. The minimum absolute atomic E-state index is 0.144. The van der Waals surface area contributed by atoms with Crippen molar-refractivity contribution in [3.8, 4) is 0 Å². The molecule has 1 aromatic heterocycles. The summed E-state index contributed by atoms with van der Waals surface area (Å²) in [6.45, 7) is 0.900. The number of nitrogens with one attached hydrogen (secondary N) is 1. The third-order valence-electron chi connectivity index (χ3n) is 3.20. The molecule has 1 saturated carbocycles. The Bertz CT molecular complexity index is 409. The van der Waals surface area contributed by atoms with E-state index in [2.05, 4.69) is 10.3 Å². The molecule has 1 fully saturated rings. The summed E-state index contributed by atoms with van der Waals surface area (Å²) in [5.74, 6) is 0.505. The van der Waals surface area contributed by atoms with E-state index in [4.69, 9.17) is 5.11 Å². The fourth-order valence-electron chi connectivity index (χ4n) is 2.30. The van der Waals surface area contributed by atoms with Crippen LogP contribution in [0.3, 0.4) is 0 Å². The fourth-order valence-corrected chi connectivity index (χ4v) is 2.30. The summed E-state index contributed by atoms with van der Waals surface area (Å²) in [6.07, 6.45) is 5.27. The summed E-state index contributed by atoms with van der Waals surface area (Å²) in [4.78, 5) is 14.9. The number of aromatic nitrogens is 2. The van der Waals surface area contributed by atoms with Gasteiger partial charge in [0.2, 0.25) is 5.95 Å². The summed E-state index contributed by atoms with van der Waals surface area (Å²) in [6, 6.07) is 0.460. The van der Waals surface area contributed by atoms with Gasteiger partial charge in [0.1, 0.15) is 0 Å². The molecule has 1 aliphatic heterocycles. The van der Waals surface area contributed by atoms with Gasteiger partial charge in [0.25, 0.3) is 0 Å². The number of carbonyl (C=O) groups is 1. The number of aromatic carboxylic acids is 1. The second-order valence-electron chi connectivity index (χ2n) is 4.28. The first-order valence-electron chi connectivity index (χ1n) is 5.32. The fraction of sp³-hybridized carbons (Fsp3) is 0.600. The Morgan fingerprint density at radius 1 is 1.53 bits per heavy atom. The molecule has 0 unspecified atom stereocenters. The minimum atomic E-state index is -0.951. The number of rotatable bonds is 2. The van der Waals surface area contributed by atoms with Gasteiger partial charge in [-0.15, -0.1) is 0 Å². The Kier molecular flexibility index (Phi) is 1.74. The second-order valence-corrected chi connectivity index (χ2v) is 4.28. The maximum absolute atomic E-state index is 10.8. The van der Waals surface area contributed by atoms with Gasteiger partial charge < -0.3 is 15.0 Å². The monoisotopic (exact) mass is 207 g/mol. The van der Waals surface area contributed by atoms with E-state index >= 15 is 0 Å². The molecule has 2 aliphatic rings. The molecule has 5 heteroatoms. The third-order valence-corrected chi connectivity index (χ3v) is 3.20. The first-order valence-corrected chi connectivity index (χ1v) is 5.32. The number of nitrogens with zero attached hydrogens (tertiary/aromatic N) is 2. The zero-order valence-electron chi connectivity index (χ0n) is 8.31. The number of carboxylic acids is 1. The summed E-state index contributed by atoms with van der Waals surface area (Å²) >= 11 is 0. The van der Waals surface area contributed by atoms with E-state index in [0.717, 1.165) is 24.8 Å². The molecule has 0 radical (unpaired) electrons. The van der Waals surface area contributed by atoms with Crippen molar-refractivity contribution in [1.82, 2.24) is 9.55 Å². The molecule has 0 aromatic carbocycles. The van der Waals surface area contributed by atoms with Gasteiger partial charge in [0.05, 0.1) is 0 Å². The van der Waals surface area contributed by atoms with Crippen molar-refractivity contribution in [3.05, 3.63) is 11.9 Å². The summed E-state index contributed by atoms with van der Waals surface area (Å²) < 4.78 is 2.00. The van der Waals surface area contributed by atoms with E-state index < -0.39 is 5.97 Å². The van der Waals surface area contributed by atoms with Gasteiger partial charge in [0.15, 0.2) is 5.69 Å². The van der Waals surface area contributed by atoms with E-state index in [1.54, 1.807) is 6.20 Å². The predicted molar refractivity (Wildman–Crippen MR) is 54.1 cm³/mol. The van der Waals surface area contributed by atoms with Gasteiger partial charge >= 0.3 is 5.97 Å². The maximum Gasteiger partial charge on any atom is 0.356 e. The Balaban J connectivity index is 1.98. The quantitative estimate of drug-likeness (QED) is 0.768. The average molecular weight is 207 g/mol. The van der Waals surface area contributed by atoms with Crippen molar-refractivity contribution >= 4 is 11.9 Å². The van der Waals surface area contributed by atoms with Gasteiger partial charge in [-0.2, -0.15) is 0 Å². The number of imidazole rings is 1. The van der Waals surface area contributed by atoms with Gasteiger partial charge in [-0.05, 0) is 25.2 Å². The topological polar surface area (TPSA) is 67.1 Å². The molecule has 3 rings (SSSR count). The first kappa shape index (κ1) is 8.76. The number of carboxylic acid groups (broad SMARTS) is 1. The van der Waals surface area contributed by atoms with E-state index in [1.807, 2.05) is 4.57 Å². The summed E-state index contributed by atoms with van der Waals surface area (Å²) in [5, 5.41) is 12.0. The molecule has 1 aromatic rings. The Labute approximate surface area is 87.1 Å². The molecule has 15 heavy (non-hydrogen) atoms. The van der Waals surface area contributed by atoms with Crippen molar-refractivity contribution in [2.24, 2.45) is 5.92 Å². The van der Waals surface area contributed by atoms with Crippen LogP contribution in [0.4, 0.5) is 5.95 Å². The molecular formula is C10H13N3O2. The zero-order chi connectivity index (χ0) is 10.4. The van der Waals surface area contributed by atoms with E-state index in [-0.39, 0.29) is 5.69 Å². The number of anilines is 1. The van der Waals surface area contributed by atoms with Crippen molar-refractivity contribution in [2.75, 3.05) is 11.9 Å². The summed E-state index contributed by atoms with van der Waals surface area (Å²) in [7, 11) is 0. The number of hydrogen-bond donors (Lipinski definition) is 2. The van der Waals surface area contributed by atoms with Crippen molar-refractivity contribution in [1.29, 1.82) is 0 Å². The molecular weight excluding hydrogens is 194 g/mol. The highest BCUT2D eigenvalue weighted by atomic mass is 16.4. The standard InChI is InChI=1S/C10H13N3O2/c14-9(15)7-5-13-8(6-1-2-6)3-4-11-10(13)12-7/h5-6,8H,1-4H2,(H,11,12)(H,14,15)/t8-/m0/s1. The Hall–Kier alpha value is -1.52. The SMILES string of the molecule is O=C(O)c1cn2c(n1)NCC[C@H]2C1CC1. The van der Waals surface area contributed by atoms with Gasteiger partial charge in [-0.1, -0.05) is 0 Å². The average Bonchev–Trinajstić information content (AvgIpc) is 2.95. The van der Waals surface area contributed by atoms with Crippen LogP contribution in [-0.4, -0.2) is 27.2 Å². The molecule has 0 bridgehead atoms. The van der Waals surface area contributed by atoms with Crippen LogP contribution in [0.25, 0.3) is 0 Å².